The smallest absolute Gasteiger partial charge is 0.252 e. The lowest BCUT2D eigenvalue weighted by Crippen LogP contribution is -2.12. The number of ether oxygens (including phenoxy) is 1. The van der Waals surface area contributed by atoms with Gasteiger partial charge < -0.3 is 10.5 Å². The number of rotatable bonds is 3. The van der Waals surface area contributed by atoms with Gasteiger partial charge in [0.05, 0.1) is 5.56 Å². The van der Waals surface area contributed by atoms with Gasteiger partial charge in [0.1, 0.15) is 16.5 Å². The Hall–Kier alpha value is -1.66. The minimum absolute atomic E-state index is 0.212. The van der Waals surface area contributed by atoms with Gasteiger partial charge in [-0.15, -0.1) is 0 Å². The number of benzene rings is 1. The molecule has 92 valence electrons. The molecule has 2 N–H and O–H groups in total. The molecule has 2 rings (SSSR count). The lowest BCUT2D eigenvalue weighted by atomic mass is 10.2. The summed E-state index contributed by atoms with van der Waals surface area (Å²) in [4.78, 5) is 18.9. The number of amides is 1. The molecule has 0 saturated carbocycles. The number of nitrogens with two attached hydrogens (primary N) is 1. The number of carbonyl (C=O) groups excluding carboxylic acids is 1. The quantitative estimate of drug-likeness (QED) is 0.879. The second-order valence-electron chi connectivity index (χ2n) is 3.25. The van der Waals surface area contributed by atoms with E-state index in [1.807, 2.05) is 0 Å². The van der Waals surface area contributed by atoms with E-state index in [0.29, 0.717) is 10.2 Å². The van der Waals surface area contributed by atoms with E-state index in [4.69, 9.17) is 22.1 Å². The van der Waals surface area contributed by atoms with E-state index in [-0.39, 0.29) is 16.6 Å². The van der Waals surface area contributed by atoms with Gasteiger partial charge in [-0.25, -0.2) is 9.97 Å². The molecule has 5 nitrogen and oxygen atoms in total. The van der Waals surface area contributed by atoms with Crippen LogP contribution >= 0.6 is 27.5 Å². The van der Waals surface area contributed by atoms with Crippen LogP contribution in [-0.2, 0) is 0 Å². The van der Waals surface area contributed by atoms with Crippen LogP contribution in [0.4, 0.5) is 0 Å². The summed E-state index contributed by atoms with van der Waals surface area (Å²) in [6.45, 7) is 0. The van der Waals surface area contributed by atoms with Gasteiger partial charge in [0, 0.05) is 0 Å². The van der Waals surface area contributed by atoms with Gasteiger partial charge in [0.25, 0.3) is 5.91 Å². The van der Waals surface area contributed by atoms with Crippen molar-refractivity contribution in [2.24, 2.45) is 5.73 Å². The van der Waals surface area contributed by atoms with Crippen molar-refractivity contribution in [1.82, 2.24) is 9.97 Å². The molecular formula is C11H7BrClN3O2. The first-order chi connectivity index (χ1) is 8.59. The summed E-state index contributed by atoms with van der Waals surface area (Å²) in [6, 6.07) is 6.59. The minimum atomic E-state index is -0.582. The van der Waals surface area contributed by atoms with Crippen molar-refractivity contribution in [1.29, 1.82) is 0 Å². The second-order valence-corrected chi connectivity index (χ2v) is 4.40. The molecule has 0 aliphatic carbocycles. The highest BCUT2D eigenvalue weighted by atomic mass is 79.9. The summed E-state index contributed by atoms with van der Waals surface area (Å²) in [5.74, 6) is -0.0638. The summed E-state index contributed by atoms with van der Waals surface area (Å²) in [5, 5.41) is 0.219. The maximum Gasteiger partial charge on any atom is 0.252 e. The molecule has 1 heterocycles. The highest BCUT2D eigenvalue weighted by molar-refractivity contribution is 9.10. The first-order valence-electron chi connectivity index (χ1n) is 4.82. The molecule has 0 unspecified atom stereocenters. The molecule has 0 atom stereocenters. The van der Waals surface area contributed by atoms with Crippen molar-refractivity contribution in [2.75, 3.05) is 0 Å². The summed E-state index contributed by atoms with van der Waals surface area (Å²) in [6.07, 6.45) is 1.26. The maximum atomic E-state index is 11.2. The third-order valence-corrected chi connectivity index (χ3v) is 3.30. The fraction of sp³-hybridized carbons (Fsp3) is 0. The average molecular weight is 329 g/mol. The Bertz CT molecular complexity index is 607. The van der Waals surface area contributed by atoms with E-state index in [2.05, 4.69) is 25.9 Å². The predicted molar refractivity (Wildman–Crippen MR) is 69.8 cm³/mol. The Morgan fingerprint density at radius 1 is 1.33 bits per heavy atom. The SMILES string of the molecule is NC(=O)c1ccccc1Oc1ncnc(Cl)c1Br. The van der Waals surface area contributed by atoms with E-state index >= 15 is 0 Å². The van der Waals surface area contributed by atoms with Crippen LogP contribution in [0.3, 0.4) is 0 Å². The van der Waals surface area contributed by atoms with Gasteiger partial charge in [-0.3, -0.25) is 4.79 Å². The van der Waals surface area contributed by atoms with E-state index < -0.39 is 5.91 Å². The largest absolute Gasteiger partial charge is 0.437 e. The highest BCUT2D eigenvalue weighted by Crippen LogP contribution is 2.32. The Morgan fingerprint density at radius 3 is 2.78 bits per heavy atom. The summed E-state index contributed by atoms with van der Waals surface area (Å²) < 4.78 is 5.91. The molecule has 2 aromatic rings. The van der Waals surface area contributed by atoms with Crippen LogP contribution in [0.5, 0.6) is 11.6 Å². The zero-order valence-electron chi connectivity index (χ0n) is 8.93. The van der Waals surface area contributed by atoms with E-state index in [0.717, 1.165) is 0 Å². The number of hydrogen-bond acceptors (Lipinski definition) is 4. The van der Waals surface area contributed by atoms with Gasteiger partial charge in [-0.2, -0.15) is 0 Å². The van der Waals surface area contributed by atoms with Crippen molar-refractivity contribution in [2.45, 2.75) is 0 Å². The summed E-state index contributed by atoms with van der Waals surface area (Å²) >= 11 is 9.01. The second kappa shape index (κ2) is 5.32. The molecular weight excluding hydrogens is 321 g/mol. The monoisotopic (exact) mass is 327 g/mol. The Labute approximate surface area is 116 Å². The van der Waals surface area contributed by atoms with Crippen molar-refractivity contribution in [3.05, 3.63) is 45.8 Å². The number of primary amides is 1. The maximum absolute atomic E-state index is 11.2. The van der Waals surface area contributed by atoms with Gasteiger partial charge in [0.15, 0.2) is 5.15 Å². The average Bonchev–Trinajstić information content (AvgIpc) is 2.35. The Balaban J connectivity index is 2.40. The summed E-state index contributed by atoms with van der Waals surface area (Å²) in [5.41, 5.74) is 5.51. The van der Waals surface area contributed by atoms with Gasteiger partial charge in [0.2, 0.25) is 5.88 Å². The molecule has 1 aromatic heterocycles. The number of hydrogen-bond donors (Lipinski definition) is 1. The molecule has 0 spiro atoms. The third-order valence-electron chi connectivity index (χ3n) is 2.07. The highest BCUT2D eigenvalue weighted by Gasteiger charge is 2.13. The van der Waals surface area contributed by atoms with Crippen LogP contribution in [0.25, 0.3) is 0 Å². The first-order valence-corrected chi connectivity index (χ1v) is 5.99. The van der Waals surface area contributed by atoms with Crippen molar-refractivity contribution < 1.29 is 9.53 Å². The standard InChI is InChI=1S/C11H7BrClN3O2/c12-8-9(13)15-5-16-11(8)18-7-4-2-1-3-6(7)10(14)17/h1-5H,(H2,14,17). The van der Waals surface area contributed by atoms with E-state index in [1.165, 1.54) is 6.33 Å². The van der Waals surface area contributed by atoms with Crippen LogP contribution in [-0.4, -0.2) is 15.9 Å². The molecule has 0 aliphatic rings. The number of carbonyl (C=O) groups is 1. The molecule has 7 heteroatoms. The van der Waals surface area contributed by atoms with Crippen molar-refractivity contribution in [3.8, 4) is 11.6 Å². The number of nitrogens with zero attached hydrogens (tertiary/aromatic N) is 2. The van der Waals surface area contributed by atoms with Crippen LogP contribution in [0.1, 0.15) is 10.4 Å². The Kier molecular flexibility index (Phi) is 3.78. The summed E-state index contributed by atoms with van der Waals surface area (Å²) in [7, 11) is 0. The van der Waals surface area contributed by atoms with Gasteiger partial charge >= 0.3 is 0 Å². The predicted octanol–water partition coefficient (Wildman–Crippen LogP) is 2.78. The van der Waals surface area contributed by atoms with Crippen LogP contribution in [0, 0.1) is 0 Å². The number of aromatic nitrogens is 2. The molecule has 0 bridgehead atoms. The van der Waals surface area contributed by atoms with Crippen LogP contribution < -0.4 is 10.5 Å². The lowest BCUT2D eigenvalue weighted by Gasteiger charge is -2.09. The zero-order valence-corrected chi connectivity index (χ0v) is 11.3. The molecule has 1 aromatic carbocycles. The lowest BCUT2D eigenvalue weighted by molar-refractivity contribution is 0.0998. The third kappa shape index (κ3) is 2.60. The van der Waals surface area contributed by atoms with Gasteiger partial charge in [-0.05, 0) is 28.1 Å². The van der Waals surface area contributed by atoms with Crippen molar-refractivity contribution >= 4 is 33.4 Å². The molecule has 0 aliphatic heterocycles. The Morgan fingerprint density at radius 2 is 2.06 bits per heavy atom. The normalized spacial score (nSPS) is 10.1. The van der Waals surface area contributed by atoms with E-state index in [1.54, 1.807) is 24.3 Å². The molecule has 1 amide bonds. The topological polar surface area (TPSA) is 78.1 Å². The molecule has 0 radical (unpaired) electrons. The van der Waals surface area contributed by atoms with Crippen molar-refractivity contribution in [3.63, 3.8) is 0 Å². The fourth-order valence-corrected chi connectivity index (χ4v) is 1.68. The zero-order chi connectivity index (χ0) is 13.1. The van der Waals surface area contributed by atoms with Crippen LogP contribution in [0.2, 0.25) is 5.15 Å². The number of para-hydroxylation sites is 1. The van der Waals surface area contributed by atoms with Crippen LogP contribution in [0.15, 0.2) is 35.1 Å². The fourth-order valence-electron chi connectivity index (χ4n) is 1.27. The first kappa shape index (κ1) is 12.8. The van der Waals surface area contributed by atoms with Gasteiger partial charge in [-0.1, -0.05) is 23.7 Å². The molecule has 18 heavy (non-hydrogen) atoms. The van der Waals surface area contributed by atoms with E-state index in [9.17, 15) is 4.79 Å². The number of halogens is 2. The molecule has 0 saturated heterocycles. The minimum Gasteiger partial charge on any atom is -0.437 e. The molecule has 0 fully saturated rings.